The lowest BCUT2D eigenvalue weighted by atomic mass is 10.3. The molecule has 0 saturated heterocycles. The molecule has 2 N–H and O–H groups in total. The predicted octanol–water partition coefficient (Wildman–Crippen LogP) is 3.41. The maximum absolute atomic E-state index is 13.2. The lowest BCUT2D eigenvalue weighted by Gasteiger charge is -2.07. The molecule has 5 nitrogen and oxygen atoms in total. The Balaban J connectivity index is 1.84. The van der Waals surface area contributed by atoms with E-state index in [1.807, 2.05) is 0 Å². The number of aromatic amines is 1. The summed E-state index contributed by atoms with van der Waals surface area (Å²) in [5.74, 6) is -0.887. The first-order chi connectivity index (χ1) is 10.9. The third-order valence-corrected chi connectivity index (χ3v) is 3.98. The highest BCUT2D eigenvalue weighted by molar-refractivity contribution is 6.42. The summed E-state index contributed by atoms with van der Waals surface area (Å²) in [5, 5.41) is 3.31. The highest BCUT2D eigenvalue weighted by Crippen LogP contribution is 2.25. The molecular weight excluding hydrogens is 344 g/mol. The van der Waals surface area contributed by atoms with E-state index in [1.54, 1.807) is 12.1 Å². The van der Waals surface area contributed by atoms with Crippen molar-refractivity contribution in [2.75, 3.05) is 5.32 Å². The third-order valence-electron chi connectivity index (χ3n) is 3.24. The van der Waals surface area contributed by atoms with Crippen LogP contribution in [0, 0.1) is 5.82 Å². The molecule has 0 atom stereocenters. The van der Waals surface area contributed by atoms with Crippen molar-refractivity contribution in [3.63, 3.8) is 0 Å². The summed E-state index contributed by atoms with van der Waals surface area (Å²) in [5.41, 5.74) is 0.747. The molecule has 3 rings (SSSR count). The average Bonchev–Trinajstić information content (AvgIpc) is 2.78. The van der Waals surface area contributed by atoms with Crippen LogP contribution in [0.3, 0.4) is 0 Å². The van der Waals surface area contributed by atoms with E-state index in [0.29, 0.717) is 26.8 Å². The average molecular weight is 354 g/mol. The van der Waals surface area contributed by atoms with Crippen LogP contribution in [0.2, 0.25) is 10.0 Å². The van der Waals surface area contributed by atoms with Crippen LogP contribution in [0.15, 0.2) is 41.2 Å². The van der Waals surface area contributed by atoms with Gasteiger partial charge in [0.05, 0.1) is 21.1 Å². The van der Waals surface area contributed by atoms with Crippen molar-refractivity contribution in [1.82, 2.24) is 9.55 Å². The van der Waals surface area contributed by atoms with Crippen LogP contribution in [-0.4, -0.2) is 15.5 Å². The van der Waals surface area contributed by atoms with E-state index >= 15 is 0 Å². The van der Waals surface area contributed by atoms with Crippen molar-refractivity contribution in [3.05, 3.63) is 62.7 Å². The Morgan fingerprint density at radius 1 is 1.17 bits per heavy atom. The standard InChI is InChI=1S/C15H10Cl2FN3O2/c16-10-3-2-9(6-11(10)17)19-14(22)7-21-13-4-1-8(18)5-12(13)20-15(21)23/h1-6H,7H2,(H,19,22)(H,20,23). The van der Waals surface area contributed by atoms with Gasteiger partial charge in [-0.1, -0.05) is 23.2 Å². The minimum atomic E-state index is -0.491. The molecule has 0 unspecified atom stereocenters. The molecule has 0 spiro atoms. The monoisotopic (exact) mass is 353 g/mol. The summed E-state index contributed by atoms with van der Waals surface area (Å²) in [6.45, 7) is -0.218. The first kappa shape index (κ1) is 15.6. The molecule has 8 heteroatoms. The van der Waals surface area contributed by atoms with E-state index in [-0.39, 0.29) is 6.54 Å². The van der Waals surface area contributed by atoms with E-state index < -0.39 is 17.4 Å². The maximum Gasteiger partial charge on any atom is 0.326 e. The van der Waals surface area contributed by atoms with E-state index in [1.165, 1.54) is 28.8 Å². The number of rotatable bonds is 3. The lowest BCUT2D eigenvalue weighted by Crippen LogP contribution is -2.25. The van der Waals surface area contributed by atoms with E-state index in [0.717, 1.165) is 0 Å². The van der Waals surface area contributed by atoms with Gasteiger partial charge in [0.1, 0.15) is 12.4 Å². The molecule has 3 aromatic rings. The molecule has 23 heavy (non-hydrogen) atoms. The van der Waals surface area contributed by atoms with Gasteiger partial charge in [-0.25, -0.2) is 9.18 Å². The van der Waals surface area contributed by atoms with Crippen LogP contribution >= 0.6 is 23.2 Å². The van der Waals surface area contributed by atoms with Crippen molar-refractivity contribution in [2.45, 2.75) is 6.54 Å². The van der Waals surface area contributed by atoms with Gasteiger partial charge in [0.25, 0.3) is 0 Å². The summed E-state index contributed by atoms with van der Waals surface area (Å²) in [4.78, 5) is 26.5. The Morgan fingerprint density at radius 2 is 1.96 bits per heavy atom. The second-order valence-corrected chi connectivity index (χ2v) is 5.67. The zero-order valence-electron chi connectivity index (χ0n) is 11.6. The SMILES string of the molecule is O=C(Cn1c(=O)[nH]c2cc(F)ccc21)Nc1ccc(Cl)c(Cl)c1. The number of amides is 1. The van der Waals surface area contributed by atoms with E-state index in [4.69, 9.17) is 23.2 Å². The molecule has 0 bridgehead atoms. The van der Waals surface area contributed by atoms with Crippen molar-refractivity contribution < 1.29 is 9.18 Å². The Hall–Kier alpha value is -2.31. The highest BCUT2D eigenvalue weighted by Gasteiger charge is 2.12. The van der Waals surface area contributed by atoms with E-state index in [2.05, 4.69) is 10.3 Å². The van der Waals surface area contributed by atoms with Gasteiger partial charge >= 0.3 is 5.69 Å². The van der Waals surface area contributed by atoms with Gasteiger partial charge in [-0.15, -0.1) is 0 Å². The van der Waals surface area contributed by atoms with Crippen molar-refractivity contribution in [2.24, 2.45) is 0 Å². The largest absolute Gasteiger partial charge is 0.326 e. The number of hydrogen-bond acceptors (Lipinski definition) is 2. The molecule has 118 valence electrons. The van der Waals surface area contributed by atoms with Gasteiger partial charge in [0.2, 0.25) is 5.91 Å². The van der Waals surface area contributed by atoms with Crippen molar-refractivity contribution in [3.8, 4) is 0 Å². The van der Waals surface area contributed by atoms with E-state index in [9.17, 15) is 14.0 Å². The first-order valence-corrected chi connectivity index (χ1v) is 7.32. The fraction of sp³-hybridized carbons (Fsp3) is 0.0667. The van der Waals surface area contributed by atoms with Gasteiger partial charge in [0, 0.05) is 5.69 Å². The van der Waals surface area contributed by atoms with Gasteiger partial charge < -0.3 is 10.3 Å². The van der Waals surface area contributed by atoms with Crippen molar-refractivity contribution in [1.29, 1.82) is 0 Å². The molecule has 0 fully saturated rings. The maximum atomic E-state index is 13.2. The van der Waals surface area contributed by atoms with Crippen LogP contribution < -0.4 is 11.0 Å². The van der Waals surface area contributed by atoms with Crippen molar-refractivity contribution >= 4 is 45.8 Å². The molecule has 0 aliphatic carbocycles. The fourth-order valence-electron chi connectivity index (χ4n) is 2.21. The number of nitrogens with zero attached hydrogens (tertiary/aromatic N) is 1. The number of hydrogen-bond donors (Lipinski definition) is 2. The summed E-state index contributed by atoms with van der Waals surface area (Å²) in [6.07, 6.45) is 0. The lowest BCUT2D eigenvalue weighted by molar-refractivity contribution is -0.116. The second kappa shape index (κ2) is 6.06. The molecule has 0 aliphatic heterocycles. The van der Waals surface area contributed by atoms with Gasteiger partial charge in [0.15, 0.2) is 0 Å². The van der Waals surface area contributed by atoms with Crippen LogP contribution in [0.5, 0.6) is 0 Å². The zero-order valence-corrected chi connectivity index (χ0v) is 13.1. The number of H-pyrrole nitrogens is 1. The van der Waals surface area contributed by atoms with Crippen LogP contribution in [0.1, 0.15) is 0 Å². The highest BCUT2D eigenvalue weighted by atomic mass is 35.5. The normalized spacial score (nSPS) is 10.9. The number of imidazole rings is 1. The second-order valence-electron chi connectivity index (χ2n) is 4.85. The summed E-state index contributed by atoms with van der Waals surface area (Å²) in [7, 11) is 0. The third kappa shape index (κ3) is 3.23. The minimum Gasteiger partial charge on any atom is -0.324 e. The number of anilines is 1. The van der Waals surface area contributed by atoms with Crippen LogP contribution in [-0.2, 0) is 11.3 Å². The Bertz CT molecular complexity index is 965. The number of aromatic nitrogens is 2. The Kier molecular flexibility index (Phi) is 4.11. The number of halogens is 3. The first-order valence-electron chi connectivity index (χ1n) is 6.57. The number of fused-ring (bicyclic) bond motifs is 1. The fourth-order valence-corrected chi connectivity index (χ4v) is 2.51. The molecule has 0 aliphatic rings. The number of nitrogens with one attached hydrogen (secondary N) is 2. The van der Waals surface area contributed by atoms with Gasteiger partial charge in [-0.3, -0.25) is 9.36 Å². The van der Waals surface area contributed by atoms with Crippen LogP contribution in [0.4, 0.5) is 10.1 Å². The van der Waals surface area contributed by atoms with Crippen LogP contribution in [0.25, 0.3) is 11.0 Å². The smallest absolute Gasteiger partial charge is 0.324 e. The van der Waals surface area contributed by atoms with Gasteiger partial charge in [-0.2, -0.15) is 0 Å². The summed E-state index contributed by atoms with van der Waals surface area (Å²) < 4.78 is 14.4. The quantitative estimate of drug-likeness (QED) is 0.757. The molecule has 1 aromatic heterocycles. The van der Waals surface area contributed by atoms with Gasteiger partial charge in [-0.05, 0) is 36.4 Å². The molecular formula is C15H10Cl2FN3O2. The Morgan fingerprint density at radius 3 is 2.70 bits per heavy atom. The molecule has 1 heterocycles. The molecule has 0 radical (unpaired) electrons. The molecule has 0 saturated carbocycles. The molecule has 1 amide bonds. The number of benzene rings is 2. The topological polar surface area (TPSA) is 66.9 Å². The minimum absolute atomic E-state index is 0.218. The number of carbonyl (C=O) groups excluding carboxylic acids is 1. The predicted molar refractivity (Wildman–Crippen MR) is 87.6 cm³/mol. The summed E-state index contributed by atoms with van der Waals surface area (Å²) >= 11 is 11.7. The zero-order chi connectivity index (χ0) is 16.6. The number of carbonyl (C=O) groups is 1. The summed E-state index contributed by atoms with van der Waals surface area (Å²) in [6, 6.07) is 8.52. The Labute approximate surface area is 139 Å². The molecule has 2 aromatic carbocycles.